The molecule has 0 nitrogen and oxygen atoms in total. The molecule has 4 saturated carbocycles. The second-order valence-electron chi connectivity index (χ2n) is 4.21. The molecule has 4 fully saturated rings. The van der Waals surface area contributed by atoms with Crippen molar-refractivity contribution in [2.75, 3.05) is 0 Å². The zero-order chi connectivity index (χ0) is 6.22. The Bertz CT molecular complexity index is 163. The normalized spacial score (nSPS) is 75.3. The van der Waals surface area contributed by atoms with Gasteiger partial charge in [-0.15, -0.1) is 0 Å². The first-order valence-corrected chi connectivity index (χ1v) is 4.80. The molecule has 0 aromatic carbocycles. The summed E-state index contributed by atoms with van der Waals surface area (Å²) >= 11 is 3.81. The maximum Gasteiger partial charge on any atom is 0.0233 e. The van der Waals surface area contributed by atoms with E-state index in [2.05, 4.69) is 22.9 Å². The van der Waals surface area contributed by atoms with Crippen LogP contribution in [0.4, 0.5) is 0 Å². The highest BCUT2D eigenvalue weighted by atomic mass is 79.9. The number of hydrogen-bond donors (Lipinski definition) is 0. The van der Waals surface area contributed by atoms with Crippen LogP contribution in [0.15, 0.2) is 0 Å². The van der Waals surface area contributed by atoms with Crippen molar-refractivity contribution in [3.8, 4) is 0 Å². The molecule has 4 aliphatic rings. The minimum absolute atomic E-state index is 0.769. The zero-order valence-corrected chi connectivity index (χ0v) is 7.19. The third kappa shape index (κ3) is 0.338. The van der Waals surface area contributed by atoms with E-state index in [-0.39, 0.29) is 0 Å². The third-order valence-electron chi connectivity index (χ3n) is 4.10. The lowest BCUT2D eigenvalue weighted by Crippen LogP contribution is -2.09. The SMILES string of the molecule is CC12[C@H](Br)C3C[C@@H]1[C@@H]2C3. The Labute approximate surface area is 64.1 Å². The van der Waals surface area contributed by atoms with Crippen LogP contribution in [0, 0.1) is 23.2 Å². The smallest absolute Gasteiger partial charge is 0.0233 e. The van der Waals surface area contributed by atoms with Crippen molar-refractivity contribution in [2.45, 2.75) is 24.6 Å². The summed E-state index contributed by atoms with van der Waals surface area (Å²) in [6, 6.07) is 0. The molecule has 0 N–H and O–H groups in total. The van der Waals surface area contributed by atoms with Gasteiger partial charge in [-0.2, -0.15) is 0 Å². The van der Waals surface area contributed by atoms with Crippen molar-refractivity contribution in [2.24, 2.45) is 23.2 Å². The molecule has 4 bridgehead atoms. The summed E-state index contributed by atoms with van der Waals surface area (Å²) in [5.74, 6) is 3.32. The van der Waals surface area contributed by atoms with Crippen LogP contribution >= 0.6 is 15.9 Å². The average Bonchev–Trinajstić information content (AvgIpc) is 2.32. The second kappa shape index (κ2) is 1.13. The summed E-state index contributed by atoms with van der Waals surface area (Å²) in [6.07, 6.45) is 3.08. The highest BCUT2D eigenvalue weighted by Gasteiger charge is 2.75. The fourth-order valence-corrected chi connectivity index (χ4v) is 4.57. The zero-order valence-electron chi connectivity index (χ0n) is 5.60. The summed E-state index contributed by atoms with van der Waals surface area (Å²) in [4.78, 5) is 0.889. The molecule has 4 rings (SSSR count). The predicted molar refractivity (Wildman–Crippen MR) is 40.5 cm³/mol. The average molecular weight is 187 g/mol. The highest BCUT2D eigenvalue weighted by Crippen LogP contribution is 2.80. The Morgan fingerprint density at radius 3 is 2.00 bits per heavy atom. The van der Waals surface area contributed by atoms with Crippen LogP contribution in [0.3, 0.4) is 0 Å². The van der Waals surface area contributed by atoms with E-state index in [9.17, 15) is 0 Å². The van der Waals surface area contributed by atoms with Crippen molar-refractivity contribution in [1.82, 2.24) is 0 Å². The monoisotopic (exact) mass is 186 g/mol. The van der Waals surface area contributed by atoms with Crippen LogP contribution in [-0.2, 0) is 0 Å². The van der Waals surface area contributed by atoms with E-state index >= 15 is 0 Å². The lowest BCUT2D eigenvalue weighted by molar-refractivity contribution is 0.563. The van der Waals surface area contributed by atoms with Crippen molar-refractivity contribution in [1.29, 1.82) is 0 Å². The fourth-order valence-electron chi connectivity index (χ4n) is 3.46. The van der Waals surface area contributed by atoms with Crippen LogP contribution in [0.1, 0.15) is 19.8 Å². The van der Waals surface area contributed by atoms with Gasteiger partial charge >= 0.3 is 0 Å². The molecule has 5 atom stereocenters. The molecule has 0 aromatic rings. The summed E-state index contributed by atoms with van der Waals surface area (Å²) < 4.78 is 0. The maximum atomic E-state index is 3.81. The van der Waals surface area contributed by atoms with E-state index in [4.69, 9.17) is 0 Å². The minimum atomic E-state index is 0.769. The molecule has 0 aliphatic heterocycles. The van der Waals surface area contributed by atoms with Crippen LogP contribution in [0.2, 0.25) is 0 Å². The molecule has 1 heteroatoms. The van der Waals surface area contributed by atoms with Crippen molar-refractivity contribution < 1.29 is 0 Å². The lowest BCUT2D eigenvalue weighted by Gasteiger charge is -2.09. The largest absolute Gasteiger partial charge is 0.0881 e. The van der Waals surface area contributed by atoms with E-state index in [0.29, 0.717) is 0 Å². The van der Waals surface area contributed by atoms with Crippen LogP contribution in [0.5, 0.6) is 0 Å². The summed E-state index contributed by atoms with van der Waals surface area (Å²) in [5, 5.41) is 0. The number of rotatable bonds is 0. The van der Waals surface area contributed by atoms with E-state index in [0.717, 1.165) is 28.0 Å². The van der Waals surface area contributed by atoms with Gasteiger partial charge in [-0.25, -0.2) is 0 Å². The van der Waals surface area contributed by atoms with Gasteiger partial charge in [0.1, 0.15) is 0 Å². The minimum Gasteiger partial charge on any atom is -0.0881 e. The molecule has 9 heavy (non-hydrogen) atoms. The van der Waals surface area contributed by atoms with E-state index in [1.54, 1.807) is 0 Å². The third-order valence-corrected chi connectivity index (χ3v) is 5.83. The first-order valence-electron chi connectivity index (χ1n) is 3.88. The number of hydrogen-bond acceptors (Lipinski definition) is 0. The molecular weight excluding hydrogens is 176 g/mol. The Morgan fingerprint density at radius 1 is 1.33 bits per heavy atom. The summed E-state index contributed by atoms with van der Waals surface area (Å²) in [7, 11) is 0. The van der Waals surface area contributed by atoms with Crippen molar-refractivity contribution in [3.05, 3.63) is 0 Å². The Hall–Kier alpha value is 0.480. The second-order valence-corrected chi connectivity index (χ2v) is 5.20. The van der Waals surface area contributed by atoms with Crippen molar-refractivity contribution >= 4 is 15.9 Å². The van der Waals surface area contributed by atoms with Gasteiger partial charge in [-0.1, -0.05) is 22.9 Å². The Kier molecular flexibility index (Phi) is 0.650. The predicted octanol–water partition coefficient (Wildman–Crippen LogP) is 2.43. The molecule has 0 saturated heterocycles. The molecule has 4 aliphatic carbocycles. The van der Waals surface area contributed by atoms with E-state index in [1.807, 2.05) is 0 Å². The van der Waals surface area contributed by atoms with Gasteiger partial charge in [0.15, 0.2) is 0 Å². The number of halogens is 1. The molecule has 0 amide bonds. The molecule has 2 unspecified atom stereocenters. The molecular formula is C8H11Br. The topological polar surface area (TPSA) is 0 Å². The molecule has 0 spiro atoms. The molecule has 50 valence electrons. The van der Waals surface area contributed by atoms with Gasteiger partial charge in [0.25, 0.3) is 0 Å². The van der Waals surface area contributed by atoms with Gasteiger partial charge in [0, 0.05) is 4.83 Å². The van der Waals surface area contributed by atoms with Crippen LogP contribution in [0.25, 0.3) is 0 Å². The summed E-state index contributed by atoms with van der Waals surface area (Å²) in [5.41, 5.74) is 0.769. The van der Waals surface area contributed by atoms with E-state index < -0.39 is 0 Å². The van der Waals surface area contributed by atoms with Crippen LogP contribution in [-0.4, -0.2) is 4.83 Å². The Morgan fingerprint density at radius 2 is 1.89 bits per heavy atom. The van der Waals surface area contributed by atoms with Crippen molar-refractivity contribution in [3.63, 3.8) is 0 Å². The van der Waals surface area contributed by atoms with Gasteiger partial charge in [0.05, 0.1) is 0 Å². The Balaban J connectivity index is 2.13. The molecule has 0 heterocycles. The molecule has 0 radical (unpaired) electrons. The first-order chi connectivity index (χ1) is 4.24. The molecule has 0 aromatic heterocycles. The quantitative estimate of drug-likeness (QED) is 0.511. The van der Waals surface area contributed by atoms with Crippen LogP contribution < -0.4 is 0 Å². The van der Waals surface area contributed by atoms with Gasteiger partial charge in [0.2, 0.25) is 0 Å². The number of alkyl halides is 1. The summed E-state index contributed by atoms with van der Waals surface area (Å²) in [6.45, 7) is 2.47. The first kappa shape index (κ1) is 5.17. The van der Waals surface area contributed by atoms with Gasteiger partial charge in [-0.05, 0) is 36.0 Å². The highest BCUT2D eigenvalue weighted by molar-refractivity contribution is 9.09. The lowest BCUT2D eigenvalue weighted by atomic mass is 10.1. The maximum absolute atomic E-state index is 3.81. The van der Waals surface area contributed by atoms with Gasteiger partial charge in [-0.3, -0.25) is 0 Å². The van der Waals surface area contributed by atoms with Gasteiger partial charge < -0.3 is 0 Å². The fraction of sp³-hybridized carbons (Fsp3) is 1.00. The standard InChI is InChI=1S/C8H11Br/c1-8-5-2-4(7(8)9)3-6(5)8/h4-7H,2-3H2,1H3/t4?,5-,6+,7-,8?/m1/s1. The van der Waals surface area contributed by atoms with E-state index in [1.165, 1.54) is 12.8 Å².